The van der Waals surface area contributed by atoms with Gasteiger partial charge in [-0.1, -0.05) is 31.0 Å². The molecule has 6 nitrogen and oxygen atoms in total. The van der Waals surface area contributed by atoms with Crippen molar-refractivity contribution in [3.8, 4) is 0 Å². The maximum absolute atomic E-state index is 12.3. The van der Waals surface area contributed by atoms with Crippen LogP contribution < -0.4 is 10.6 Å². The van der Waals surface area contributed by atoms with Crippen LogP contribution in [-0.4, -0.2) is 20.8 Å². The number of carbonyl (C=O) groups is 1. The molecule has 0 radical (unpaired) electrons. The summed E-state index contributed by atoms with van der Waals surface area (Å²) in [5.41, 5.74) is 0.662. The lowest BCUT2D eigenvalue weighted by atomic mass is 10.2. The summed E-state index contributed by atoms with van der Waals surface area (Å²) >= 11 is 5.94. The van der Waals surface area contributed by atoms with Crippen LogP contribution in [-0.2, 0) is 13.0 Å². The molecule has 24 heavy (non-hydrogen) atoms. The third-order valence-electron chi connectivity index (χ3n) is 4.25. The first-order valence-electron chi connectivity index (χ1n) is 8.42. The molecule has 2 amide bonds. The minimum absolute atomic E-state index is 0.163. The van der Waals surface area contributed by atoms with Crippen LogP contribution in [0.5, 0.6) is 0 Å². The molecule has 128 valence electrons. The van der Waals surface area contributed by atoms with Gasteiger partial charge in [0.25, 0.3) is 0 Å². The Morgan fingerprint density at radius 3 is 3.00 bits per heavy atom. The molecule has 2 heterocycles. The fraction of sp³-hybridized carbons (Fsp3) is 0.471. The number of carbonyl (C=O) groups excluding carboxylic acids is 1. The zero-order valence-corrected chi connectivity index (χ0v) is 14.5. The minimum atomic E-state index is -0.268. The Hall–Kier alpha value is -2.08. The topological polar surface area (TPSA) is 71.8 Å². The van der Waals surface area contributed by atoms with Crippen LogP contribution in [0.25, 0.3) is 0 Å². The molecule has 0 saturated carbocycles. The summed E-state index contributed by atoms with van der Waals surface area (Å²) in [6.07, 6.45) is 5.20. The number of hydrogen-bond donors (Lipinski definition) is 2. The van der Waals surface area contributed by atoms with Gasteiger partial charge in [-0.3, -0.25) is 0 Å². The summed E-state index contributed by atoms with van der Waals surface area (Å²) in [5.74, 6) is 1.87. The maximum Gasteiger partial charge on any atom is 0.319 e. The second kappa shape index (κ2) is 7.66. The zero-order valence-electron chi connectivity index (χ0n) is 13.8. The van der Waals surface area contributed by atoms with Crippen molar-refractivity contribution in [1.82, 2.24) is 20.1 Å². The van der Waals surface area contributed by atoms with Crippen molar-refractivity contribution in [2.45, 2.75) is 51.6 Å². The standard InChI is InChI=1S/C17H22ClN5O/c1-2-14(16-22-21-15-9-4-3-5-10-23(15)16)20-17(24)19-13-8-6-7-12(18)11-13/h6-8,11,14H,2-5,9-10H2,1H3,(H2,19,20,24)/t14-/m1/s1. The van der Waals surface area contributed by atoms with Crippen LogP contribution in [0.15, 0.2) is 24.3 Å². The van der Waals surface area contributed by atoms with Crippen molar-refractivity contribution < 1.29 is 4.79 Å². The van der Waals surface area contributed by atoms with E-state index in [0.29, 0.717) is 10.7 Å². The van der Waals surface area contributed by atoms with Gasteiger partial charge in [-0.05, 0) is 37.5 Å². The maximum atomic E-state index is 12.3. The van der Waals surface area contributed by atoms with Gasteiger partial charge >= 0.3 is 6.03 Å². The summed E-state index contributed by atoms with van der Waals surface area (Å²) in [4.78, 5) is 12.3. The highest BCUT2D eigenvalue weighted by atomic mass is 35.5. The van der Waals surface area contributed by atoms with E-state index in [-0.39, 0.29) is 12.1 Å². The van der Waals surface area contributed by atoms with Crippen molar-refractivity contribution in [3.63, 3.8) is 0 Å². The second-order valence-corrected chi connectivity index (χ2v) is 6.44. The Morgan fingerprint density at radius 2 is 2.21 bits per heavy atom. The van der Waals surface area contributed by atoms with Gasteiger partial charge in [-0.2, -0.15) is 0 Å². The van der Waals surface area contributed by atoms with Gasteiger partial charge in [0.2, 0.25) is 0 Å². The van der Waals surface area contributed by atoms with E-state index in [1.54, 1.807) is 24.3 Å². The zero-order chi connectivity index (χ0) is 16.9. The van der Waals surface area contributed by atoms with Gasteiger partial charge in [0, 0.05) is 23.7 Å². The molecule has 0 saturated heterocycles. The number of hydrogen-bond acceptors (Lipinski definition) is 3. The lowest BCUT2D eigenvalue weighted by Gasteiger charge is -2.18. The SMILES string of the molecule is CC[C@@H](NC(=O)Nc1cccc(Cl)c1)c1nnc2n1CCCCC2. The number of halogens is 1. The van der Waals surface area contributed by atoms with Crippen LogP contribution in [0, 0.1) is 0 Å². The largest absolute Gasteiger partial charge is 0.328 e. The first-order chi connectivity index (χ1) is 11.7. The van der Waals surface area contributed by atoms with E-state index in [9.17, 15) is 4.79 Å². The predicted octanol–water partition coefficient (Wildman–Crippen LogP) is 3.93. The number of nitrogens with zero attached hydrogens (tertiary/aromatic N) is 3. The highest BCUT2D eigenvalue weighted by Gasteiger charge is 2.22. The van der Waals surface area contributed by atoms with Gasteiger partial charge in [-0.15, -0.1) is 10.2 Å². The molecule has 3 rings (SSSR count). The molecule has 1 aromatic carbocycles. The smallest absolute Gasteiger partial charge is 0.319 e. The molecule has 2 N–H and O–H groups in total. The van der Waals surface area contributed by atoms with E-state index < -0.39 is 0 Å². The van der Waals surface area contributed by atoms with Crippen molar-refractivity contribution in [2.75, 3.05) is 5.32 Å². The van der Waals surface area contributed by atoms with Crippen molar-refractivity contribution in [1.29, 1.82) is 0 Å². The summed E-state index contributed by atoms with van der Waals surface area (Å²) in [7, 11) is 0. The molecule has 7 heteroatoms. The van der Waals surface area contributed by atoms with Gasteiger partial charge < -0.3 is 15.2 Å². The quantitative estimate of drug-likeness (QED) is 0.880. The number of urea groups is 1. The Kier molecular flexibility index (Phi) is 5.35. The number of rotatable bonds is 4. The molecule has 1 aromatic heterocycles. The van der Waals surface area contributed by atoms with Gasteiger partial charge in [0.05, 0.1) is 6.04 Å². The number of anilines is 1. The fourth-order valence-electron chi connectivity index (χ4n) is 3.01. The van der Waals surface area contributed by atoms with E-state index in [1.165, 1.54) is 6.42 Å². The number of aromatic nitrogens is 3. The van der Waals surface area contributed by atoms with Gasteiger partial charge in [0.1, 0.15) is 5.82 Å². The average molecular weight is 348 g/mol. The molecular formula is C17H22ClN5O. The molecule has 0 spiro atoms. The molecule has 0 unspecified atom stereocenters. The molecule has 0 fully saturated rings. The first-order valence-corrected chi connectivity index (χ1v) is 8.80. The number of benzene rings is 1. The summed E-state index contributed by atoms with van der Waals surface area (Å²) < 4.78 is 2.17. The van der Waals surface area contributed by atoms with Crippen LogP contribution in [0.1, 0.15) is 50.3 Å². The van der Waals surface area contributed by atoms with Crippen molar-refractivity contribution in [2.24, 2.45) is 0 Å². The van der Waals surface area contributed by atoms with Crippen LogP contribution in [0.4, 0.5) is 10.5 Å². The van der Waals surface area contributed by atoms with E-state index >= 15 is 0 Å². The van der Waals surface area contributed by atoms with E-state index in [0.717, 1.165) is 43.9 Å². The number of fused-ring (bicyclic) bond motifs is 1. The van der Waals surface area contributed by atoms with Crippen LogP contribution >= 0.6 is 11.6 Å². The summed E-state index contributed by atoms with van der Waals surface area (Å²) in [6.45, 7) is 2.95. The number of amides is 2. The predicted molar refractivity (Wildman–Crippen MR) is 94.2 cm³/mol. The highest BCUT2D eigenvalue weighted by Crippen LogP contribution is 2.21. The lowest BCUT2D eigenvalue weighted by molar-refractivity contribution is 0.247. The molecule has 0 aliphatic carbocycles. The molecule has 2 aromatic rings. The number of nitrogens with one attached hydrogen (secondary N) is 2. The van der Waals surface area contributed by atoms with Crippen LogP contribution in [0.2, 0.25) is 5.02 Å². The summed E-state index contributed by atoms with van der Waals surface area (Å²) in [5, 5.41) is 15.0. The van der Waals surface area contributed by atoms with E-state index in [4.69, 9.17) is 11.6 Å². The molecular weight excluding hydrogens is 326 g/mol. The Balaban J connectivity index is 1.70. The van der Waals surface area contributed by atoms with Gasteiger partial charge in [0.15, 0.2) is 5.82 Å². The Labute approximate surface area is 146 Å². The Morgan fingerprint density at radius 1 is 1.33 bits per heavy atom. The Bertz CT molecular complexity index is 715. The summed E-state index contributed by atoms with van der Waals surface area (Å²) in [6, 6.07) is 6.65. The molecule has 1 atom stereocenters. The van der Waals surface area contributed by atoms with E-state index in [1.807, 2.05) is 6.92 Å². The molecule has 1 aliphatic rings. The number of aryl methyl sites for hydroxylation is 1. The fourth-order valence-corrected chi connectivity index (χ4v) is 3.20. The highest BCUT2D eigenvalue weighted by molar-refractivity contribution is 6.30. The first kappa shape index (κ1) is 16.8. The molecule has 0 bridgehead atoms. The van der Waals surface area contributed by atoms with E-state index in [2.05, 4.69) is 25.4 Å². The normalized spacial score (nSPS) is 15.2. The third-order valence-corrected chi connectivity index (χ3v) is 4.48. The molecule has 1 aliphatic heterocycles. The van der Waals surface area contributed by atoms with Crippen LogP contribution in [0.3, 0.4) is 0 Å². The second-order valence-electron chi connectivity index (χ2n) is 6.01. The monoisotopic (exact) mass is 347 g/mol. The van der Waals surface area contributed by atoms with Crippen molar-refractivity contribution >= 4 is 23.3 Å². The van der Waals surface area contributed by atoms with Crippen molar-refractivity contribution in [3.05, 3.63) is 40.9 Å². The third kappa shape index (κ3) is 3.87. The lowest BCUT2D eigenvalue weighted by Crippen LogP contribution is -2.34. The minimum Gasteiger partial charge on any atom is -0.328 e. The van der Waals surface area contributed by atoms with Gasteiger partial charge in [-0.25, -0.2) is 4.79 Å². The average Bonchev–Trinajstić information content (AvgIpc) is 2.81.